The Morgan fingerprint density at radius 3 is 1.50 bits per heavy atom. The minimum absolute atomic E-state index is 0.222. The van der Waals surface area contributed by atoms with Gasteiger partial charge in [0.25, 0.3) is 0 Å². The third-order valence-electron chi connectivity index (χ3n) is 2.40. The summed E-state index contributed by atoms with van der Waals surface area (Å²) in [5, 5.41) is -1.46. The lowest BCUT2D eigenvalue weighted by molar-refractivity contribution is -0.143. The molecular formula is C11H10F7O2PS. The second-order valence-corrected chi connectivity index (χ2v) is 7.21. The Bertz CT molecular complexity index is 578. The summed E-state index contributed by atoms with van der Waals surface area (Å²) in [6.45, 7) is -1.75. The van der Waals surface area contributed by atoms with Gasteiger partial charge in [0.05, 0.1) is 13.2 Å². The first-order chi connectivity index (χ1) is 10.0. The van der Waals surface area contributed by atoms with Crippen LogP contribution in [0.1, 0.15) is 19.4 Å². The number of hydrogen-bond donors (Lipinski definition) is 0. The third-order valence-corrected chi connectivity index (χ3v) is 5.71. The molecule has 0 aromatic heterocycles. The number of hydrogen-bond acceptors (Lipinski definition) is 3. The lowest BCUT2D eigenvalue weighted by Gasteiger charge is -2.23. The second kappa shape index (κ2) is 6.82. The van der Waals surface area contributed by atoms with E-state index in [0.717, 1.165) is 0 Å². The lowest BCUT2D eigenvalue weighted by atomic mass is 10.1. The maximum absolute atomic E-state index is 13.9. The van der Waals surface area contributed by atoms with E-state index in [1.54, 1.807) is 0 Å². The molecule has 0 fully saturated rings. The van der Waals surface area contributed by atoms with E-state index in [9.17, 15) is 30.7 Å². The largest absolute Gasteiger partial charge is 0.422 e. The van der Waals surface area contributed by atoms with Crippen molar-refractivity contribution in [3.05, 3.63) is 28.8 Å². The molecule has 1 rings (SSSR count). The van der Waals surface area contributed by atoms with Crippen molar-refractivity contribution < 1.29 is 39.8 Å². The van der Waals surface area contributed by atoms with Gasteiger partial charge >= 0.3 is 6.18 Å². The van der Waals surface area contributed by atoms with E-state index in [1.165, 1.54) is 13.8 Å². The van der Waals surface area contributed by atoms with Gasteiger partial charge in [0.2, 0.25) is 6.49 Å². The maximum Gasteiger partial charge on any atom is 0.422 e. The van der Waals surface area contributed by atoms with E-state index < -0.39 is 46.8 Å². The molecule has 11 heteroatoms. The van der Waals surface area contributed by atoms with E-state index in [1.807, 2.05) is 0 Å². The van der Waals surface area contributed by atoms with Gasteiger partial charge in [-0.25, -0.2) is 17.6 Å². The van der Waals surface area contributed by atoms with E-state index >= 15 is 0 Å². The Hall–Kier alpha value is -0.700. The fourth-order valence-corrected chi connectivity index (χ4v) is 4.42. The van der Waals surface area contributed by atoms with Gasteiger partial charge in [-0.05, 0) is 25.7 Å². The first-order valence-corrected chi connectivity index (χ1v) is 8.47. The van der Waals surface area contributed by atoms with Crippen molar-refractivity contribution in [3.63, 3.8) is 0 Å². The standard InChI is InChI=1S/C11H10F7O2PS/c1-3-19-21(22,20-4-2)10-8(14)6(12)5(11(16,17)18)7(13)9(10)15/h3-4H2,1-2H3. The van der Waals surface area contributed by atoms with Crippen LogP contribution in [-0.4, -0.2) is 13.2 Å². The number of halogens is 7. The van der Waals surface area contributed by atoms with Gasteiger partial charge in [-0.15, -0.1) is 0 Å². The molecule has 0 aliphatic heterocycles. The van der Waals surface area contributed by atoms with Crippen molar-refractivity contribution in [1.29, 1.82) is 0 Å². The fraction of sp³-hybridized carbons (Fsp3) is 0.455. The minimum atomic E-state index is -5.62. The van der Waals surface area contributed by atoms with Crippen LogP contribution >= 0.6 is 6.49 Å². The summed E-state index contributed by atoms with van der Waals surface area (Å²) in [6.07, 6.45) is -5.62. The Kier molecular flexibility index (Phi) is 6.00. The van der Waals surface area contributed by atoms with Gasteiger partial charge in [0, 0.05) is 0 Å². The average Bonchev–Trinajstić information content (AvgIpc) is 2.35. The molecule has 126 valence electrons. The number of rotatable bonds is 5. The summed E-state index contributed by atoms with van der Waals surface area (Å²) in [5.74, 6) is -9.71. The smallest absolute Gasteiger partial charge is 0.326 e. The highest BCUT2D eigenvalue weighted by atomic mass is 32.5. The summed E-state index contributed by atoms with van der Waals surface area (Å²) in [5.41, 5.74) is -2.67. The highest BCUT2D eigenvalue weighted by Gasteiger charge is 2.45. The Morgan fingerprint density at radius 1 is 0.864 bits per heavy atom. The van der Waals surface area contributed by atoms with Crippen LogP contribution in [0.3, 0.4) is 0 Å². The molecule has 1 aromatic rings. The quantitative estimate of drug-likeness (QED) is 0.438. The summed E-state index contributed by atoms with van der Waals surface area (Å²) in [4.78, 5) is 0. The van der Waals surface area contributed by atoms with E-state index in [-0.39, 0.29) is 13.2 Å². The molecule has 0 spiro atoms. The zero-order valence-electron chi connectivity index (χ0n) is 11.2. The molecule has 22 heavy (non-hydrogen) atoms. The van der Waals surface area contributed by atoms with Crippen molar-refractivity contribution >= 4 is 23.6 Å². The van der Waals surface area contributed by atoms with Crippen LogP contribution in [0.2, 0.25) is 0 Å². The minimum Gasteiger partial charge on any atom is -0.326 e. The lowest BCUT2D eigenvalue weighted by Crippen LogP contribution is -2.26. The van der Waals surface area contributed by atoms with Crippen molar-refractivity contribution in [2.45, 2.75) is 20.0 Å². The average molecular weight is 370 g/mol. The molecular weight excluding hydrogens is 360 g/mol. The molecule has 0 atom stereocenters. The highest BCUT2D eigenvalue weighted by Crippen LogP contribution is 2.50. The summed E-state index contributed by atoms with van der Waals surface area (Å²) in [7, 11) is 0. The predicted molar refractivity (Wildman–Crippen MR) is 68.4 cm³/mol. The molecule has 0 saturated heterocycles. The second-order valence-electron chi connectivity index (χ2n) is 3.81. The van der Waals surface area contributed by atoms with E-state index in [4.69, 9.17) is 20.9 Å². The molecule has 0 heterocycles. The fourth-order valence-electron chi connectivity index (χ4n) is 1.62. The zero-order valence-corrected chi connectivity index (χ0v) is 12.9. The summed E-state index contributed by atoms with van der Waals surface area (Å²) in [6, 6.07) is 0. The first-order valence-electron chi connectivity index (χ1n) is 5.84. The van der Waals surface area contributed by atoms with Gasteiger partial charge in [0.1, 0.15) is 10.9 Å². The molecule has 0 saturated carbocycles. The van der Waals surface area contributed by atoms with Crippen molar-refractivity contribution in [2.75, 3.05) is 13.2 Å². The monoisotopic (exact) mass is 370 g/mol. The van der Waals surface area contributed by atoms with Crippen molar-refractivity contribution in [1.82, 2.24) is 0 Å². The molecule has 0 radical (unpaired) electrons. The van der Waals surface area contributed by atoms with Crippen molar-refractivity contribution in [3.8, 4) is 0 Å². The summed E-state index contributed by atoms with van der Waals surface area (Å²) < 4.78 is 102. The van der Waals surface area contributed by atoms with Gasteiger partial charge < -0.3 is 9.05 Å². The van der Waals surface area contributed by atoms with Gasteiger partial charge in [-0.1, -0.05) is 0 Å². The highest BCUT2D eigenvalue weighted by molar-refractivity contribution is 8.13. The predicted octanol–water partition coefficient (Wildman–Crippen LogP) is 4.27. The topological polar surface area (TPSA) is 18.5 Å². The van der Waals surface area contributed by atoms with Gasteiger partial charge in [-0.3, -0.25) is 0 Å². The van der Waals surface area contributed by atoms with Crippen molar-refractivity contribution in [2.24, 2.45) is 0 Å². The zero-order chi connectivity index (χ0) is 17.3. The number of alkyl halides is 3. The van der Waals surface area contributed by atoms with Crippen LogP contribution in [0.25, 0.3) is 0 Å². The number of benzene rings is 1. The summed E-state index contributed by atoms with van der Waals surface area (Å²) >= 11 is 4.77. The molecule has 0 N–H and O–H groups in total. The van der Waals surface area contributed by atoms with E-state index in [2.05, 4.69) is 0 Å². The van der Waals surface area contributed by atoms with Crippen LogP contribution < -0.4 is 5.30 Å². The Labute approximate surface area is 126 Å². The molecule has 0 bridgehead atoms. The molecule has 0 amide bonds. The van der Waals surface area contributed by atoms with Crippen LogP contribution in [0, 0.1) is 23.3 Å². The third kappa shape index (κ3) is 3.45. The van der Waals surface area contributed by atoms with Crippen LogP contribution in [0.15, 0.2) is 0 Å². The van der Waals surface area contributed by atoms with E-state index in [0.29, 0.717) is 0 Å². The normalized spacial score (nSPS) is 12.8. The van der Waals surface area contributed by atoms with Gasteiger partial charge in [-0.2, -0.15) is 13.2 Å². The first kappa shape index (κ1) is 19.3. The molecule has 0 unspecified atom stereocenters. The molecule has 0 aliphatic rings. The molecule has 2 nitrogen and oxygen atoms in total. The molecule has 1 aromatic carbocycles. The SMILES string of the molecule is CCOP(=S)(OCC)c1c(F)c(F)c(C(F)(F)F)c(F)c1F. The Morgan fingerprint density at radius 2 is 1.23 bits per heavy atom. The maximum atomic E-state index is 13.9. The van der Waals surface area contributed by atoms with Crippen LogP contribution in [0.5, 0.6) is 0 Å². The van der Waals surface area contributed by atoms with Crippen LogP contribution in [0.4, 0.5) is 30.7 Å². The van der Waals surface area contributed by atoms with Crippen LogP contribution in [-0.2, 0) is 27.0 Å². The molecule has 0 aliphatic carbocycles. The van der Waals surface area contributed by atoms with Gasteiger partial charge in [0.15, 0.2) is 23.3 Å². The Balaban J connectivity index is 3.76.